The second kappa shape index (κ2) is 8.93. The SMILES string of the molecule is COc1cc(NC(=O)Cn2cnc3nc(N4CCC[C@H](C)C4)sc3c2=O)cc(OC)c1. The second-order valence-electron chi connectivity index (χ2n) is 7.67. The van der Waals surface area contributed by atoms with Gasteiger partial charge in [0.25, 0.3) is 5.56 Å². The lowest BCUT2D eigenvalue weighted by Crippen LogP contribution is -2.34. The van der Waals surface area contributed by atoms with Crippen LogP contribution < -0.4 is 25.2 Å². The highest BCUT2D eigenvalue weighted by molar-refractivity contribution is 7.22. The third-order valence-corrected chi connectivity index (χ3v) is 6.34. The molecule has 0 saturated carbocycles. The Morgan fingerprint density at radius 3 is 2.68 bits per heavy atom. The van der Waals surface area contributed by atoms with E-state index in [1.54, 1.807) is 18.2 Å². The number of carbonyl (C=O) groups is 1. The zero-order chi connectivity index (χ0) is 22.0. The Morgan fingerprint density at radius 1 is 1.26 bits per heavy atom. The van der Waals surface area contributed by atoms with Crippen molar-refractivity contribution in [3.8, 4) is 11.5 Å². The van der Waals surface area contributed by atoms with E-state index < -0.39 is 0 Å². The van der Waals surface area contributed by atoms with E-state index >= 15 is 0 Å². The van der Waals surface area contributed by atoms with E-state index in [-0.39, 0.29) is 18.0 Å². The Hall–Kier alpha value is -3.14. The third kappa shape index (κ3) is 4.63. The molecule has 4 rings (SSSR count). The molecule has 3 aromatic rings. The summed E-state index contributed by atoms with van der Waals surface area (Å²) in [5, 5.41) is 3.59. The molecule has 10 heteroatoms. The molecule has 0 aliphatic carbocycles. The largest absolute Gasteiger partial charge is 0.497 e. The van der Waals surface area contributed by atoms with E-state index in [0.717, 1.165) is 24.6 Å². The van der Waals surface area contributed by atoms with Crippen LogP contribution in [0.3, 0.4) is 0 Å². The fraction of sp³-hybridized carbons (Fsp3) is 0.429. The average Bonchev–Trinajstić information content (AvgIpc) is 3.20. The Morgan fingerprint density at radius 2 is 2.00 bits per heavy atom. The molecular formula is C21H25N5O4S. The summed E-state index contributed by atoms with van der Waals surface area (Å²) >= 11 is 1.34. The van der Waals surface area contributed by atoms with Crippen LogP contribution in [-0.4, -0.2) is 47.8 Å². The van der Waals surface area contributed by atoms with Crippen LogP contribution in [0.4, 0.5) is 10.8 Å². The average molecular weight is 444 g/mol. The lowest BCUT2D eigenvalue weighted by Gasteiger charge is -2.30. The standard InChI is InChI=1S/C21H25N5O4S/c1-13-5-4-6-25(10-13)21-24-19-18(31-21)20(28)26(12-22-19)11-17(27)23-14-7-15(29-2)9-16(8-14)30-3/h7-9,12-13H,4-6,10-11H2,1-3H3,(H,23,27)/t13-/m0/s1. The van der Waals surface area contributed by atoms with Crippen LogP contribution in [-0.2, 0) is 11.3 Å². The number of nitrogens with zero attached hydrogens (tertiary/aromatic N) is 4. The van der Waals surface area contributed by atoms with Crippen LogP contribution in [0.2, 0.25) is 0 Å². The van der Waals surface area contributed by atoms with Crippen LogP contribution >= 0.6 is 11.3 Å². The van der Waals surface area contributed by atoms with Crippen molar-refractivity contribution < 1.29 is 14.3 Å². The third-order valence-electron chi connectivity index (χ3n) is 5.25. The highest BCUT2D eigenvalue weighted by atomic mass is 32.1. The van der Waals surface area contributed by atoms with E-state index in [9.17, 15) is 9.59 Å². The molecule has 1 amide bonds. The number of thiazole rings is 1. The zero-order valence-corrected chi connectivity index (χ0v) is 18.6. The van der Waals surface area contributed by atoms with Gasteiger partial charge in [0.1, 0.15) is 29.1 Å². The molecule has 9 nitrogen and oxygen atoms in total. The van der Waals surface area contributed by atoms with Gasteiger partial charge in [-0.25, -0.2) is 4.98 Å². The quantitative estimate of drug-likeness (QED) is 0.625. The number of methoxy groups -OCH3 is 2. The number of ether oxygens (including phenoxy) is 2. The summed E-state index contributed by atoms with van der Waals surface area (Å²) in [6.45, 7) is 3.93. The number of hydrogen-bond donors (Lipinski definition) is 1. The first-order valence-electron chi connectivity index (χ1n) is 10.1. The van der Waals surface area contributed by atoms with Gasteiger partial charge in [-0.15, -0.1) is 0 Å². The molecule has 2 aromatic heterocycles. The molecule has 3 heterocycles. The maximum atomic E-state index is 12.9. The molecule has 1 aliphatic rings. The lowest BCUT2D eigenvalue weighted by molar-refractivity contribution is -0.116. The van der Waals surface area contributed by atoms with Gasteiger partial charge in [0.2, 0.25) is 5.91 Å². The Bertz CT molecular complexity index is 1140. The summed E-state index contributed by atoms with van der Waals surface area (Å²) < 4.78 is 12.2. The number of hydrogen-bond acceptors (Lipinski definition) is 8. The lowest BCUT2D eigenvalue weighted by atomic mass is 10.0. The van der Waals surface area contributed by atoms with Crippen LogP contribution in [0.15, 0.2) is 29.3 Å². The van der Waals surface area contributed by atoms with Crippen molar-refractivity contribution in [3.05, 3.63) is 34.9 Å². The van der Waals surface area contributed by atoms with E-state index in [4.69, 9.17) is 9.47 Å². The first kappa shape index (κ1) is 21.1. The zero-order valence-electron chi connectivity index (χ0n) is 17.8. The van der Waals surface area contributed by atoms with E-state index in [1.807, 2.05) is 0 Å². The first-order valence-corrected chi connectivity index (χ1v) is 10.9. The first-order chi connectivity index (χ1) is 15.0. The second-order valence-corrected chi connectivity index (χ2v) is 8.65. The summed E-state index contributed by atoms with van der Waals surface area (Å²) in [6.07, 6.45) is 3.70. The molecule has 0 unspecified atom stereocenters. The van der Waals surface area contributed by atoms with Crippen molar-refractivity contribution in [2.75, 3.05) is 37.5 Å². The molecule has 1 atom stereocenters. The molecular weight excluding hydrogens is 418 g/mol. The number of anilines is 2. The number of carbonyl (C=O) groups excluding carboxylic acids is 1. The molecule has 0 radical (unpaired) electrons. The number of aromatic nitrogens is 3. The van der Waals surface area contributed by atoms with Crippen molar-refractivity contribution in [3.63, 3.8) is 0 Å². The maximum Gasteiger partial charge on any atom is 0.273 e. The normalized spacial score (nSPS) is 16.4. The minimum absolute atomic E-state index is 0.157. The summed E-state index contributed by atoms with van der Waals surface area (Å²) in [5.74, 6) is 1.36. The van der Waals surface area contributed by atoms with E-state index in [1.165, 1.54) is 42.9 Å². The highest BCUT2D eigenvalue weighted by Crippen LogP contribution is 2.29. The Kier molecular flexibility index (Phi) is 6.08. The van der Waals surface area contributed by atoms with Gasteiger partial charge in [-0.1, -0.05) is 18.3 Å². The Labute approximate surface area is 183 Å². The molecule has 1 fully saturated rings. The van der Waals surface area contributed by atoms with Crippen molar-refractivity contribution in [1.29, 1.82) is 0 Å². The van der Waals surface area contributed by atoms with Gasteiger partial charge in [-0.3, -0.25) is 14.2 Å². The predicted octanol–water partition coefficient (Wildman–Crippen LogP) is 2.75. The number of piperidine rings is 1. The van der Waals surface area contributed by atoms with Crippen LogP contribution in [0.1, 0.15) is 19.8 Å². The van der Waals surface area contributed by atoms with Crippen LogP contribution in [0.25, 0.3) is 10.3 Å². The monoisotopic (exact) mass is 443 g/mol. The van der Waals surface area contributed by atoms with Gasteiger partial charge in [0, 0.05) is 37.0 Å². The molecule has 164 valence electrons. The molecule has 31 heavy (non-hydrogen) atoms. The number of benzene rings is 1. The minimum atomic E-state index is -0.354. The van der Waals surface area contributed by atoms with Gasteiger partial charge in [-0.05, 0) is 18.8 Å². The molecule has 1 aromatic carbocycles. The highest BCUT2D eigenvalue weighted by Gasteiger charge is 2.21. The molecule has 0 spiro atoms. The molecule has 1 N–H and O–H groups in total. The topological polar surface area (TPSA) is 98.6 Å². The van der Waals surface area contributed by atoms with Crippen molar-refractivity contribution in [1.82, 2.24) is 14.5 Å². The number of fused-ring (bicyclic) bond motifs is 1. The van der Waals surface area contributed by atoms with Gasteiger partial charge in [-0.2, -0.15) is 4.98 Å². The van der Waals surface area contributed by atoms with Gasteiger partial charge >= 0.3 is 0 Å². The summed E-state index contributed by atoms with van der Waals surface area (Å²) in [5.41, 5.74) is 0.678. The van der Waals surface area contributed by atoms with Gasteiger partial charge in [0.15, 0.2) is 10.8 Å². The summed E-state index contributed by atoms with van der Waals surface area (Å²) in [4.78, 5) is 36.6. The maximum absolute atomic E-state index is 12.9. The van der Waals surface area contributed by atoms with E-state index in [0.29, 0.717) is 33.5 Å². The Balaban J connectivity index is 1.52. The van der Waals surface area contributed by atoms with Crippen molar-refractivity contribution in [2.45, 2.75) is 26.3 Å². The molecule has 0 bridgehead atoms. The number of amides is 1. The summed E-state index contributed by atoms with van der Waals surface area (Å²) in [6, 6.07) is 5.07. The number of nitrogens with one attached hydrogen (secondary N) is 1. The van der Waals surface area contributed by atoms with Crippen molar-refractivity contribution >= 4 is 38.4 Å². The van der Waals surface area contributed by atoms with Gasteiger partial charge in [0.05, 0.1) is 14.2 Å². The fourth-order valence-electron chi connectivity index (χ4n) is 3.68. The van der Waals surface area contributed by atoms with Crippen LogP contribution in [0.5, 0.6) is 11.5 Å². The smallest absolute Gasteiger partial charge is 0.273 e. The van der Waals surface area contributed by atoms with Gasteiger partial charge < -0.3 is 19.7 Å². The molecule has 1 aliphatic heterocycles. The van der Waals surface area contributed by atoms with E-state index in [2.05, 4.69) is 27.1 Å². The van der Waals surface area contributed by atoms with Crippen LogP contribution in [0, 0.1) is 5.92 Å². The molecule has 1 saturated heterocycles. The van der Waals surface area contributed by atoms with Crippen molar-refractivity contribution in [2.24, 2.45) is 5.92 Å². The predicted molar refractivity (Wildman–Crippen MR) is 120 cm³/mol. The summed E-state index contributed by atoms with van der Waals surface area (Å²) in [7, 11) is 3.07. The fourth-order valence-corrected chi connectivity index (χ4v) is 4.68. The number of rotatable bonds is 6. The minimum Gasteiger partial charge on any atom is -0.497 e.